The van der Waals surface area contributed by atoms with Crippen LogP contribution < -0.4 is 0 Å². The van der Waals surface area contributed by atoms with Crippen LogP contribution in [0.15, 0.2) is 59.6 Å². The van der Waals surface area contributed by atoms with Gasteiger partial charge in [-0.1, -0.05) is 31.0 Å². The van der Waals surface area contributed by atoms with Crippen LogP contribution in [0.2, 0.25) is 5.02 Å². The SMILES string of the molecule is CCCCOC(=O)c1ccc(N=Cc2cc(C)n(-c3cccc(Cl)c3)c2C)cc1. The average Bonchev–Trinajstić information content (AvgIpc) is 3.00. The van der Waals surface area contributed by atoms with Crippen LogP contribution in [0.1, 0.15) is 47.1 Å². The lowest BCUT2D eigenvalue weighted by atomic mass is 10.2. The highest BCUT2D eigenvalue weighted by Crippen LogP contribution is 2.23. The fourth-order valence-corrected chi connectivity index (χ4v) is 3.34. The summed E-state index contributed by atoms with van der Waals surface area (Å²) in [4.78, 5) is 16.5. The van der Waals surface area contributed by atoms with E-state index in [0.717, 1.165) is 41.2 Å². The number of benzene rings is 2. The fraction of sp³-hybridized carbons (Fsp3) is 0.250. The minimum absolute atomic E-state index is 0.293. The number of aromatic nitrogens is 1. The maximum Gasteiger partial charge on any atom is 0.338 e. The van der Waals surface area contributed by atoms with Gasteiger partial charge in [0.05, 0.1) is 17.9 Å². The zero-order chi connectivity index (χ0) is 20.8. The van der Waals surface area contributed by atoms with Gasteiger partial charge in [-0.3, -0.25) is 4.99 Å². The molecular weight excluding hydrogens is 384 g/mol. The van der Waals surface area contributed by atoms with E-state index in [1.807, 2.05) is 42.6 Å². The molecule has 3 rings (SSSR count). The maximum atomic E-state index is 12.0. The van der Waals surface area contributed by atoms with Crippen LogP contribution in [-0.4, -0.2) is 23.4 Å². The molecule has 0 N–H and O–H groups in total. The number of carbonyl (C=O) groups excluding carboxylic acids is 1. The van der Waals surface area contributed by atoms with Crippen LogP contribution in [0.5, 0.6) is 0 Å². The highest BCUT2D eigenvalue weighted by atomic mass is 35.5. The second kappa shape index (κ2) is 9.57. The topological polar surface area (TPSA) is 43.6 Å². The molecule has 2 aromatic carbocycles. The van der Waals surface area contributed by atoms with Crippen LogP contribution in [0.4, 0.5) is 5.69 Å². The Morgan fingerprint density at radius 1 is 1.14 bits per heavy atom. The molecule has 1 heterocycles. The molecule has 0 bridgehead atoms. The van der Waals surface area contributed by atoms with Crippen molar-refractivity contribution >= 4 is 29.5 Å². The van der Waals surface area contributed by atoms with E-state index in [1.165, 1.54) is 0 Å². The van der Waals surface area contributed by atoms with E-state index in [4.69, 9.17) is 16.3 Å². The number of nitrogens with zero attached hydrogens (tertiary/aromatic N) is 2. The van der Waals surface area contributed by atoms with Gasteiger partial charge < -0.3 is 9.30 Å². The highest BCUT2D eigenvalue weighted by molar-refractivity contribution is 6.30. The summed E-state index contributed by atoms with van der Waals surface area (Å²) in [7, 11) is 0. The molecule has 150 valence electrons. The van der Waals surface area contributed by atoms with Crippen LogP contribution in [0.3, 0.4) is 0 Å². The third-order valence-electron chi connectivity index (χ3n) is 4.72. The van der Waals surface area contributed by atoms with Gasteiger partial charge in [-0.15, -0.1) is 0 Å². The molecule has 4 nitrogen and oxygen atoms in total. The molecule has 29 heavy (non-hydrogen) atoms. The van der Waals surface area contributed by atoms with E-state index >= 15 is 0 Å². The van der Waals surface area contributed by atoms with Crippen molar-refractivity contribution in [2.24, 2.45) is 4.99 Å². The Kier molecular flexibility index (Phi) is 6.89. The van der Waals surface area contributed by atoms with Crippen molar-refractivity contribution in [1.29, 1.82) is 0 Å². The lowest BCUT2D eigenvalue weighted by Gasteiger charge is -2.09. The van der Waals surface area contributed by atoms with Crippen LogP contribution in [-0.2, 0) is 4.74 Å². The zero-order valence-corrected chi connectivity index (χ0v) is 17.7. The van der Waals surface area contributed by atoms with Gasteiger partial charge in [0.1, 0.15) is 0 Å². The molecule has 1 aromatic heterocycles. The molecule has 0 radical (unpaired) electrons. The van der Waals surface area contributed by atoms with Crippen molar-refractivity contribution in [3.05, 3.63) is 82.1 Å². The summed E-state index contributed by atoms with van der Waals surface area (Å²) in [6.45, 7) is 6.64. The Bertz CT molecular complexity index is 1020. The van der Waals surface area contributed by atoms with Crippen LogP contribution in [0.25, 0.3) is 5.69 Å². The van der Waals surface area contributed by atoms with Crippen molar-refractivity contribution < 1.29 is 9.53 Å². The average molecular weight is 409 g/mol. The zero-order valence-electron chi connectivity index (χ0n) is 17.0. The number of unbranched alkanes of at least 4 members (excludes halogenated alkanes) is 1. The van der Waals surface area contributed by atoms with Crippen molar-refractivity contribution in [3.8, 4) is 5.69 Å². The van der Waals surface area contributed by atoms with Crippen LogP contribution >= 0.6 is 11.6 Å². The summed E-state index contributed by atoms with van der Waals surface area (Å²) >= 11 is 6.15. The first-order chi connectivity index (χ1) is 14.0. The number of hydrogen-bond donors (Lipinski definition) is 0. The van der Waals surface area contributed by atoms with E-state index in [1.54, 1.807) is 12.1 Å². The van der Waals surface area contributed by atoms with Crippen LogP contribution in [0, 0.1) is 13.8 Å². The van der Waals surface area contributed by atoms with Gasteiger partial charge in [0, 0.05) is 33.9 Å². The van der Waals surface area contributed by atoms with Gasteiger partial charge in [-0.2, -0.15) is 0 Å². The summed E-state index contributed by atoms with van der Waals surface area (Å²) < 4.78 is 7.39. The van der Waals surface area contributed by atoms with Gasteiger partial charge in [-0.05, 0) is 68.8 Å². The summed E-state index contributed by atoms with van der Waals surface area (Å²) in [5, 5.41) is 0.707. The predicted octanol–water partition coefficient (Wildman–Crippen LogP) is 6.46. The Balaban J connectivity index is 1.75. The molecule has 0 fully saturated rings. The molecule has 5 heteroatoms. The van der Waals surface area contributed by atoms with Crippen molar-refractivity contribution in [2.75, 3.05) is 6.61 Å². The molecule has 0 aliphatic rings. The van der Waals surface area contributed by atoms with Gasteiger partial charge in [0.2, 0.25) is 0 Å². The Labute approximate surface area is 176 Å². The lowest BCUT2D eigenvalue weighted by Crippen LogP contribution is -2.05. The first-order valence-corrected chi connectivity index (χ1v) is 10.1. The van der Waals surface area contributed by atoms with E-state index in [9.17, 15) is 4.79 Å². The fourth-order valence-electron chi connectivity index (χ4n) is 3.15. The predicted molar refractivity (Wildman–Crippen MR) is 119 cm³/mol. The molecular formula is C24H25ClN2O2. The summed E-state index contributed by atoms with van der Waals surface area (Å²) in [6.07, 6.45) is 3.72. The Morgan fingerprint density at radius 3 is 2.59 bits per heavy atom. The molecule has 3 aromatic rings. The van der Waals surface area contributed by atoms with Crippen molar-refractivity contribution in [2.45, 2.75) is 33.6 Å². The Morgan fingerprint density at radius 2 is 1.90 bits per heavy atom. The number of halogens is 1. The van der Waals surface area contributed by atoms with E-state index < -0.39 is 0 Å². The number of rotatable bonds is 7. The smallest absolute Gasteiger partial charge is 0.338 e. The van der Waals surface area contributed by atoms with Crippen molar-refractivity contribution in [3.63, 3.8) is 0 Å². The second-order valence-corrected chi connectivity index (χ2v) is 7.37. The summed E-state index contributed by atoms with van der Waals surface area (Å²) in [5.74, 6) is -0.293. The molecule has 0 saturated heterocycles. The first-order valence-electron chi connectivity index (χ1n) is 9.75. The number of carbonyl (C=O) groups is 1. The number of esters is 1. The number of ether oxygens (including phenoxy) is 1. The van der Waals surface area contributed by atoms with E-state index in [-0.39, 0.29) is 5.97 Å². The molecule has 0 aliphatic heterocycles. The summed E-state index contributed by atoms with van der Waals surface area (Å²) in [5.41, 5.74) is 5.58. The third kappa shape index (κ3) is 5.15. The Hall–Kier alpha value is -2.85. The maximum absolute atomic E-state index is 12.0. The van der Waals surface area contributed by atoms with E-state index in [0.29, 0.717) is 17.2 Å². The number of aryl methyl sites for hydroxylation is 1. The normalized spacial score (nSPS) is 11.2. The van der Waals surface area contributed by atoms with Crippen molar-refractivity contribution in [1.82, 2.24) is 4.57 Å². The van der Waals surface area contributed by atoms with Gasteiger partial charge in [-0.25, -0.2) is 4.79 Å². The van der Waals surface area contributed by atoms with Gasteiger partial charge in [0.25, 0.3) is 0 Å². The molecule has 0 atom stereocenters. The highest BCUT2D eigenvalue weighted by Gasteiger charge is 2.10. The standard InChI is InChI=1S/C24H25ClN2O2/c1-4-5-13-29-24(28)19-9-11-22(12-10-19)26-16-20-14-17(2)27(18(20)3)23-8-6-7-21(25)15-23/h6-12,14-16H,4-5,13H2,1-3H3. The molecule has 0 saturated carbocycles. The van der Waals surface area contributed by atoms with Gasteiger partial charge >= 0.3 is 5.97 Å². The quantitative estimate of drug-likeness (QED) is 0.256. The first kappa shape index (κ1) is 20.9. The molecule has 0 spiro atoms. The number of hydrogen-bond acceptors (Lipinski definition) is 3. The van der Waals surface area contributed by atoms with E-state index in [2.05, 4.69) is 36.4 Å². The molecule has 0 unspecified atom stereocenters. The molecule has 0 amide bonds. The second-order valence-electron chi connectivity index (χ2n) is 6.94. The molecule has 0 aliphatic carbocycles. The summed E-state index contributed by atoms with van der Waals surface area (Å²) in [6, 6.07) is 17.0. The largest absolute Gasteiger partial charge is 0.462 e. The monoisotopic (exact) mass is 408 g/mol. The minimum Gasteiger partial charge on any atom is -0.462 e. The lowest BCUT2D eigenvalue weighted by molar-refractivity contribution is 0.0500. The number of aliphatic imine (C=N–C) groups is 1. The third-order valence-corrected chi connectivity index (χ3v) is 4.96. The minimum atomic E-state index is -0.293. The van der Waals surface area contributed by atoms with Gasteiger partial charge in [0.15, 0.2) is 0 Å².